The maximum Gasteiger partial charge on any atom is 0.266 e. The fourth-order valence-corrected chi connectivity index (χ4v) is 6.36. The molecule has 6 heteroatoms. The Balaban J connectivity index is 1.43. The fraction of sp³-hybridized carbons (Fsp3) is 0.321. The van der Waals surface area contributed by atoms with Crippen LogP contribution in [0.15, 0.2) is 65.6 Å². The summed E-state index contributed by atoms with van der Waals surface area (Å²) in [5.74, 6) is 1.64. The first-order valence-electron chi connectivity index (χ1n) is 12.0. The van der Waals surface area contributed by atoms with E-state index in [0.29, 0.717) is 15.1 Å². The van der Waals surface area contributed by atoms with E-state index in [2.05, 4.69) is 53.4 Å². The van der Waals surface area contributed by atoms with Crippen LogP contribution < -0.4 is 4.90 Å². The van der Waals surface area contributed by atoms with Crippen molar-refractivity contribution in [1.82, 2.24) is 9.88 Å². The van der Waals surface area contributed by atoms with E-state index in [1.807, 2.05) is 32.1 Å². The molecule has 5 rings (SSSR count). The largest absolute Gasteiger partial charge is 0.356 e. The monoisotopic (exact) mass is 487 g/mol. The molecule has 0 bridgehead atoms. The van der Waals surface area contributed by atoms with Gasteiger partial charge in [-0.25, -0.2) is 4.98 Å². The van der Waals surface area contributed by atoms with E-state index in [0.717, 1.165) is 54.6 Å². The van der Waals surface area contributed by atoms with Crippen molar-refractivity contribution >= 4 is 57.0 Å². The number of thiocarbonyl (C=S) groups is 1. The molecule has 1 amide bonds. The van der Waals surface area contributed by atoms with Gasteiger partial charge in [0.1, 0.15) is 10.1 Å². The zero-order chi connectivity index (χ0) is 23.7. The molecule has 2 fully saturated rings. The average Bonchev–Trinajstić information content (AvgIpc) is 3.12. The minimum absolute atomic E-state index is 0.00863. The van der Waals surface area contributed by atoms with E-state index in [-0.39, 0.29) is 11.9 Å². The number of amides is 1. The normalized spacial score (nSPS) is 18.6. The molecule has 0 N–H and O–H groups in total. The molecule has 2 aliphatic heterocycles. The number of nitrogens with zero attached hydrogens (tertiary/aromatic N) is 3. The Hall–Kier alpha value is -2.70. The maximum absolute atomic E-state index is 13.0. The zero-order valence-corrected chi connectivity index (χ0v) is 21.2. The first kappa shape index (κ1) is 23.1. The highest BCUT2D eigenvalue weighted by atomic mass is 32.2. The van der Waals surface area contributed by atoms with Crippen LogP contribution in [0.5, 0.6) is 0 Å². The molecule has 0 atom stereocenters. The van der Waals surface area contributed by atoms with Gasteiger partial charge in [-0.05, 0) is 62.8 Å². The van der Waals surface area contributed by atoms with Crippen LogP contribution in [0, 0.1) is 5.92 Å². The van der Waals surface area contributed by atoms with E-state index in [9.17, 15) is 4.79 Å². The number of aromatic nitrogens is 1. The predicted octanol–water partition coefficient (Wildman–Crippen LogP) is 6.30. The van der Waals surface area contributed by atoms with Crippen LogP contribution in [0.2, 0.25) is 0 Å². The Labute approximate surface area is 211 Å². The third-order valence-electron chi connectivity index (χ3n) is 6.64. The van der Waals surface area contributed by atoms with Gasteiger partial charge < -0.3 is 4.90 Å². The van der Waals surface area contributed by atoms with Crippen molar-refractivity contribution in [2.75, 3.05) is 18.0 Å². The number of rotatable bonds is 5. The summed E-state index contributed by atoms with van der Waals surface area (Å²) in [6, 6.07) is 21.2. The molecule has 3 aromatic rings. The summed E-state index contributed by atoms with van der Waals surface area (Å²) < 4.78 is 0.628. The summed E-state index contributed by atoms with van der Waals surface area (Å²) in [6.07, 6.45) is 5.40. The minimum atomic E-state index is -0.00863. The minimum Gasteiger partial charge on any atom is -0.356 e. The van der Waals surface area contributed by atoms with Gasteiger partial charge in [0.25, 0.3) is 5.91 Å². The first-order valence-corrected chi connectivity index (χ1v) is 13.2. The van der Waals surface area contributed by atoms with Gasteiger partial charge in [0.2, 0.25) is 0 Å². The average molecular weight is 488 g/mol. The summed E-state index contributed by atoms with van der Waals surface area (Å²) in [5, 5.41) is 1.08. The summed E-state index contributed by atoms with van der Waals surface area (Å²) in [4.78, 5) is 22.9. The standard InChI is InChI=1S/C28H29N3OS2/c1-19(2)31-27(32)25(34-28(31)33)18-23-17-22-10-6-7-11-24(22)29-26(23)30-14-12-21(13-15-30)16-20-8-4-3-5-9-20/h3-11,17-19,21H,12-16H2,1-2H3/b25-18-. The van der Waals surface area contributed by atoms with E-state index >= 15 is 0 Å². The Morgan fingerprint density at radius 3 is 2.50 bits per heavy atom. The van der Waals surface area contributed by atoms with E-state index in [1.165, 1.54) is 17.3 Å². The number of para-hydroxylation sites is 1. The lowest BCUT2D eigenvalue weighted by atomic mass is 9.90. The highest BCUT2D eigenvalue weighted by Crippen LogP contribution is 2.37. The summed E-state index contributed by atoms with van der Waals surface area (Å²) >= 11 is 6.88. The SMILES string of the molecule is CC(C)N1C(=O)/C(=C/c2cc3ccccc3nc2N2CCC(Cc3ccccc3)CC2)SC1=S. The molecule has 2 aromatic carbocycles. The molecule has 0 unspecified atom stereocenters. The third kappa shape index (κ3) is 4.75. The van der Waals surface area contributed by atoms with Crippen LogP contribution in [0.25, 0.3) is 17.0 Å². The maximum atomic E-state index is 13.0. The topological polar surface area (TPSA) is 36.4 Å². The molecule has 3 heterocycles. The highest BCUT2D eigenvalue weighted by Gasteiger charge is 2.34. The van der Waals surface area contributed by atoms with Crippen molar-refractivity contribution in [2.45, 2.75) is 39.2 Å². The van der Waals surface area contributed by atoms with Gasteiger partial charge in [-0.15, -0.1) is 0 Å². The smallest absolute Gasteiger partial charge is 0.266 e. The number of hydrogen-bond acceptors (Lipinski definition) is 5. The van der Waals surface area contributed by atoms with Crippen LogP contribution in [-0.2, 0) is 11.2 Å². The molecule has 2 aliphatic rings. The molecule has 0 spiro atoms. The van der Waals surface area contributed by atoms with E-state index in [1.54, 1.807) is 4.90 Å². The number of anilines is 1. The molecule has 0 aliphatic carbocycles. The van der Waals surface area contributed by atoms with Crippen LogP contribution in [-0.4, -0.2) is 39.2 Å². The number of fused-ring (bicyclic) bond motifs is 1. The second-order valence-electron chi connectivity index (χ2n) is 9.36. The number of hydrogen-bond donors (Lipinski definition) is 0. The molecular formula is C28H29N3OS2. The van der Waals surface area contributed by atoms with E-state index in [4.69, 9.17) is 17.2 Å². The molecule has 0 radical (unpaired) electrons. The first-order chi connectivity index (χ1) is 16.5. The van der Waals surface area contributed by atoms with Crippen LogP contribution >= 0.6 is 24.0 Å². The number of carbonyl (C=O) groups is 1. The second-order valence-corrected chi connectivity index (χ2v) is 11.0. The molecule has 2 saturated heterocycles. The molecule has 174 valence electrons. The molecule has 34 heavy (non-hydrogen) atoms. The van der Waals surface area contributed by atoms with Crippen LogP contribution in [0.3, 0.4) is 0 Å². The highest BCUT2D eigenvalue weighted by molar-refractivity contribution is 8.26. The van der Waals surface area contributed by atoms with Gasteiger partial charge in [-0.2, -0.15) is 0 Å². The van der Waals surface area contributed by atoms with Crippen molar-refractivity contribution < 1.29 is 4.79 Å². The van der Waals surface area contributed by atoms with Crippen molar-refractivity contribution in [1.29, 1.82) is 0 Å². The number of pyridine rings is 1. The molecule has 1 aromatic heterocycles. The van der Waals surface area contributed by atoms with Crippen molar-refractivity contribution in [3.05, 3.63) is 76.7 Å². The Morgan fingerprint density at radius 2 is 1.79 bits per heavy atom. The van der Waals surface area contributed by atoms with Gasteiger partial charge in [0, 0.05) is 30.1 Å². The number of carbonyl (C=O) groups excluding carboxylic acids is 1. The van der Waals surface area contributed by atoms with Gasteiger partial charge >= 0.3 is 0 Å². The van der Waals surface area contributed by atoms with Crippen LogP contribution in [0.1, 0.15) is 37.8 Å². The van der Waals surface area contributed by atoms with E-state index < -0.39 is 0 Å². The summed E-state index contributed by atoms with van der Waals surface area (Å²) in [7, 11) is 0. The summed E-state index contributed by atoms with van der Waals surface area (Å²) in [6.45, 7) is 5.93. The van der Waals surface area contributed by atoms with Crippen molar-refractivity contribution in [3.63, 3.8) is 0 Å². The fourth-order valence-electron chi connectivity index (χ4n) is 4.84. The lowest BCUT2D eigenvalue weighted by Gasteiger charge is -2.34. The molecular weight excluding hydrogens is 458 g/mol. The van der Waals surface area contributed by atoms with Crippen molar-refractivity contribution in [3.8, 4) is 0 Å². The third-order valence-corrected chi connectivity index (χ3v) is 7.97. The lowest BCUT2D eigenvalue weighted by Crippen LogP contribution is -2.35. The Bertz CT molecular complexity index is 1250. The van der Waals surface area contributed by atoms with Gasteiger partial charge in [0.05, 0.1) is 10.4 Å². The number of piperidine rings is 1. The van der Waals surface area contributed by atoms with Gasteiger partial charge in [-0.1, -0.05) is 72.5 Å². The predicted molar refractivity (Wildman–Crippen MR) is 147 cm³/mol. The quantitative estimate of drug-likeness (QED) is 0.312. The second kappa shape index (κ2) is 9.88. The Morgan fingerprint density at radius 1 is 1.09 bits per heavy atom. The molecule has 0 saturated carbocycles. The summed E-state index contributed by atoms with van der Waals surface area (Å²) in [5.41, 5.74) is 3.39. The van der Waals surface area contributed by atoms with Gasteiger partial charge in [-0.3, -0.25) is 9.69 Å². The van der Waals surface area contributed by atoms with Crippen molar-refractivity contribution in [2.24, 2.45) is 5.92 Å². The lowest BCUT2D eigenvalue weighted by molar-refractivity contribution is -0.123. The Kier molecular flexibility index (Phi) is 6.70. The van der Waals surface area contributed by atoms with Crippen LogP contribution in [0.4, 0.5) is 5.82 Å². The number of thioether (sulfide) groups is 1. The molecule has 4 nitrogen and oxygen atoms in total. The van der Waals surface area contributed by atoms with Gasteiger partial charge in [0.15, 0.2) is 0 Å². The zero-order valence-electron chi connectivity index (χ0n) is 19.6. The number of benzene rings is 2.